The van der Waals surface area contributed by atoms with Crippen molar-refractivity contribution in [2.75, 3.05) is 6.54 Å². The largest absolute Gasteiger partial charge is 0.333 e. The molecule has 0 aliphatic carbocycles. The van der Waals surface area contributed by atoms with E-state index in [0.29, 0.717) is 28.3 Å². The molecule has 4 aromatic rings. The molecule has 10 heteroatoms. The molecule has 0 radical (unpaired) electrons. The summed E-state index contributed by atoms with van der Waals surface area (Å²) in [4.78, 5) is 6.74. The third kappa shape index (κ3) is 4.45. The highest BCUT2D eigenvalue weighted by atomic mass is 32.2. The molecule has 0 atom stereocenters. The number of sulfonamides is 1. The number of nitrogens with zero attached hydrogens (tertiary/aromatic N) is 2. The Morgan fingerprint density at radius 2 is 2.07 bits per heavy atom. The number of nitrogens with one attached hydrogen (secondary N) is 1. The van der Waals surface area contributed by atoms with Crippen molar-refractivity contribution < 1.29 is 17.3 Å². The molecule has 1 aromatic carbocycles. The first-order valence-electron chi connectivity index (χ1n) is 8.65. The predicted molar refractivity (Wildman–Crippen MR) is 111 cm³/mol. The van der Waals surface area contributed by atoms with Crippen molar-refractivity contribution in [3.8, 4) is 22.2 Å². The van der Waals surface area contributed by atoms with Gasteiger partial charge >= 0.3 is 0 Å². The molecule has 0 fully saturated rings. The van der Waals surface area contributed by atoms with Crippen LogP contribution in [0.25, 0.3) is 22.2 Å². The van der Waals surface area contributed by atoms with Crippen LogP contribution in [0.4, 0.5) is 4.39 Å². The summed E-state index contributed by atoms with van der Waals surface area (Å²) in [6.07, 6.45) is 0.633. The van der Waals surface area contributed by atoms with Gasteiger partial charge in [-0.05, 0) is 43.0 Å². The first-order valence-corrected chi connectivity index (χ1v) is 11.8. The number of thiophene rings is 2. The minimum absolute atomic E-state index is 0.189. The van der Waals surface area contributed by atoms with E-state index in [1.807, 2.05) is 17.5 Å². The molecule has 0 saturated carbocycles. The Bertz CT molecular complexity index is 1230. The molecule has 0 amide bonds. The van der Waals surface area contributed by atoms with Gasteiger partial charge in [0.1, 0.15) is 5.82 Å². The van der Waals surface area contributed by atoms with Crippen LogP contribution in [0.1, 0.15) is 9.75 Å². The molecule has 4 rings (SSSR count). The van der Waals surface area contributed by atoms with Gasteiger partial charge < -0.3 is 4.52 Å². The van der Waals surface area contributed by atoms with E-state index in [1.54, 1.807) is 30.4 Å². The van der Waals surface area contributed by atoms with Crippen molar-refractivity contribution in [1.82, 2.24) is 14.9 Å². The smallest absolute Gasteiger partial charge is 0.268 e. The molecular formula is C19H16FN3O3S3. The summed E-state index contributed by atoms with van der Waals surface area (Å²) in [6, 6.07) is 11.3. The number of halogens is 1. The number of aromatic nitrogens is 2. The molecule has 150 valence electrons. The highest BCUT2D eigenvalue weighted by Gasteiger charge is 2.22. The van der Waals surface area contributed by atoms with Crippen LogP contribution in [0.5, 0.6) is 0 Å². The maximum Gasteiger partial charge on any atom is 0.268 e. The standard InChI is InChI=1S/C19H16FN3O3S3/c1-12-17(29(24,25)21-8-7-15-6-3-9-27-15)11-16(28-12)19-22-18(23-26-19)13-4-2-5-14(20)10-13/h2-6,9-11,21H,7-8H2,1H3. The van der Waals surface area contributed by atoms with Gasteiger partial charge in [-0.1, -0.05) is 23.4 Å². The second-order valence-electron chi connectivity index (χ2n) is 6.19. The van der Waals surface area contributed by atoms with Crippen molar-refractivity contribution >= 4 is 32.7 Å². The van der Waals surface area contributed by atoms with E-state index >= 15 is 0 Å². The van der Waals surface area contributed by atoms with Gasteiger partial charge in [-0.15, -0.1) is 22.7 Å². The lowest BCUT2D eigenvalue weighted by molar-refractivity contribution is 0.433. The Morgan fingerprint density at radius 1 is 1.21 bits per heavy atom. The van der Waals surface area contributed by atoms with E-state index in [4.69, 9.17) is 4.52 Å². The van der Waals surface area contributed by atoms with Crippen molar-refractivity contribution in [2.24, 2.45) is 0 Å². The van der Waals surface area contributed by atoms with Crippen LogP contribution in [0.15, 0.2) is 57.3 Å². The lowest BCUT2D eigenvalue weighted by Gasteiger charge is -2.05. The Labute approximate surface area is 175 Å². The second-order valence-corrected chi connectivity index (χ2v) is 10.2. The summed E-state index contributed by atoms with van der Waals surface area (Å²) in [5.41, 5.74) is 0.483. The number of aryl methyl sites for hydroxylation is 1. The van der Waals surface area contributed by atoms with E-state index in [1.165, 1.54) is 29.5 Å². The van der Waals surface area contributed by atoms with Gasteiger partial charge in [0.05, 0.1) is 9.77 Å². The second kappa shape index (κ2) is 8.15. The fourth-order valence-corrected chi connectivity index (χ4v) is 6.00. The van der Waals surface area contributed by atoms with Gasteiger partial charge in [-0.2, -0.15) is 4.98 Å². The Hall–Kier alpha value is -2.40. The van der Waals surface area contributed by atoms with E-state index in [-0.39, 0.29) is 16.6 Å². The lowest BCUT2D eigenvalue weighted by Crippen LogP contribution is -2.25. The SMILES string of the molecule is Cc1sc(-c2nc(-c3cccc(F)c3)no2)cc1S(=O)(=O)NCCc1cccs1. The normalized spacial score (nSPS) is 11.8. The Balaban J connectivity index is 1.53. The summed E-state index contributed by atoms with van der Waals surface area (Å²) in [6.45, 7) is 2.05. The minimum atomic E-state index is -3.66. The maximum absolute atomic E-state index is 13.4. The van der Waals surface area contributed by atoms with Gasteiger partial charge in [0.2, 0.25) is 15.8 Å². The summed E-state index contributed by atoms with van der Waals surface area (Å²) >= 11 is 2.84. The zero-order valence-corrected chi connectivity index (χ0v) is 17.7. The number of hydrogen-bond donors (Lipinski definition) is 1. The van der Waals surface area contributed by atoms with Gasteiger partial charge in [-0.3, -0.25) is 0 Å². The van der Waals surface area contributed by atoms with Crippen LogP contribution in [0, 0.1) is 12.7 Å². The van der Waals surface area contributed by atoms with Gasteiger partial charge in [-0.25, -0.2) is 17.5 Å². The van der Waals surface area contributed by atoms with E-state index in [9.17, 15) is 12.8 Å². The molecule has 0 spiro atoms. The van der Waals surface area contributed by atoms with Crippen molar-refractivity contribution in [2.45, 2.75) is 18.2 Å². The topological polar surface area (TPSA) is 85.1 Å². The number of hydrogen-bond acceptors (Lipinski definition) is 7. The average Bonchev–Trinajstić information content (AvgIpc) is 3.42. The zero-order valence-electron chi connectivity index (χ0n) is 15.3. The molecule has 0 aliphatic heterocycles. The molecule has 29 heavy (non-hydrogen) atoms. The summed E-state index contributed by atoms with van der Waals surface area (Å²) in [7, 11) is -3.66. The molecule has 0 saturated heterocycles. The van der Waals surface area contributed by atoms with E-state index < -0.39 is 15.8 Å². The quantitative estimate of drug-likeness (QED) is 0.449. The molecule has 0 aliphatic rings. The van der Waals surface area contributed by atoms with Crippen molar-refractivity contribution in [1.29, 1.82) is 0 Å². The van der Waals surface area contributed by atoms with Crippen LogP contribution >= 0.6 is 22.7 Å². The summed E-state index contributed by atoms with van der Waals surface area (Å²) < 4.78 is 46.7. The number of benzene rings is 1. The lowest BCUT2D eigenvalue weighted by atomic mass is 10.2. The van der Waals surface area contributed by atoms with E-state index in [2.05, 4.69) is 14.9 Å². The predicted octanol–water partition coefficient (Wildman–Crippen LogP) is 4.50. The fraction of sp³-hybridized carbons (Fsp3) is 0.158. The third-order valence-electron chi connectivity index (χ3n) is 4.12. The average molecular weight is 450 g/mol. The number of rotatable bonds is 7. The highest BCUT2D eigenvalue weighted by molar-refractivity contribution is 7.89. The first kappa shape index (κ1) is 19.9. The molecule has 3 aromatic heterocycles. The van der Waals surface area contributed by atoms with Crippen LogP contribution in [-0.2, 0) is 16.4 Å². The first-order chi connectivity index (χ1) is 13.9. The third-order valence-corrected chi connectivity index (χ3v) is 7.82. The molecule has 3 heterocycles. The molecular weight excluding hydrogens is 433 g/mol. The van der Waals surface area contributed by atoms with Crippen LogP contribution in [-0.4, -0.2) is 25.1 Å². The van der Waals surface area contributed by atoms with Crippen molar-refractivity contribution in [3.63, 3.8) is 0 Å². The fourth-order valence-electron chi connectivity index (χ4n) is 2.75. The Kier molecular flexibility index (Phi) is 5.59. The molecule has 6 nitrogen and oxygen atoms in total. The zero-order chi connectivity index (χ0) is 20.4. The summed E-state index contributed by atoms with van der Waals surface area (Å²) in [5.74, 6) is 0.0317. The summed E-state index contributed by atoms with van der Waals surface area (Å²) in [5, 5.41) is 5.83. The van der Waals surface area contributed by atoms with Crippen LogP contribution < -0.4 is 4.72 Å². The maximum atomic E-state index is 13.4. The Morgan fingerprint density at radius 3 is 2.83 bits per heavy atom. The molecule has 1 N–H and O–H groups in total. The molecule has 0 bridgehead atoms. The van der Waals surface area contributed by atoms with Gasteiger partial charge in [0.25, 0.3) is 5.89 Å². The molecule has 0 unspecified atom stereocenters. The van der Waals surface area contributed by atoms with Crippen molar-refractivity contribution in [3.05, 3.63) is 63.4 Å². The monoisotopic (exact) mass is 449 g/mol. The van der Waals surface area contributed by atoms with Gasteiger partial charge in [0.15, 0.2) is 0 Å². The minimum Gasteiger partial charge on any atom is -0.333 e. The van der Waals surface area contributed by atoms with Crippen LogP contribution in [0.3, 0.4) is 0 Å². The highest BCUT2D eigenvalue weighted by Crippen LogP contribution is 2.33. The van der Waals surface area contributed by atoms with Crippen LogP contribution in [0.2, 0.25) is 0 Å². The van der Waals surface area contributed by atoms with E-state index in [0.717, 1.165) is 4.88 Å². The van der Waals surface area contributed by atoms with Gasteiger partial charge in [0, 0.05) is 21.9 Å².